The summed E-state index contributed by atoms with van der Waals surface area (Å²) in [7, 11) is 0. The van der Waals surface area contributed by atoms with Crippen molar-refractivity contribution < 1.29 is 23.8 Å². The molecule has 172 valence electrons. The molecule has 0 atom stereocenters. The Morgan fingerprint density at radius 2 is 0.966 bits per heavy atom. The Bertz CT molecular complexity index is 370. The van der Waals surface area contributed by atoms with Crippen LogP contribution in [0.15, 0.2) is 0 Å². The first-order valence-electron chi connectivity index (χ1n) is 12.1. The number of rotatable bonds is 22. The third kappa shape index (κ3) is 23.0. The van der Waals surface area contributed by atoms with Crippen molar-refractivity contribution in [3.8, 4) is 0 Å². The number of carbonyl (C=O) groups excluding carboxylic acids is 2. The maximum atomic E-state index is 11.7. The van der Waals surface area contributed by atoms with Gasteiger partial charge in [0.05, 0.1) is 13.2 Å². The van der Waals surface area contributed by atoms with E-state index >= 15 is 0 Å². The van der Waals surface area contributed by atoms with E-state index < -0.39 is 0 Å². The Balaban J connectivity index is 3.28. The molecule has 0 aliphatic heterocycles. The summed E-state index contributed by atoms with van der Waals surface area (Å²) in [5.74, 6) is -0.374. The van der Waals surface area contributed by atoms with Crippen LogP contribution >= 0.6 is 0 Å². The molecule has 0 radical (unpaired) electrons. The number of unbranched alkanes of at least 4 members (excludes halogenated alkanes) is 11. The number of esters is 2. The fourth-order valence-electron chi connectivity index (χ4n) is 3.02. The highest BCUT2D eigenvalue weighted by atomic mass is 16.6. The first-order valence-corrected chi connectivity index (χ1v) is 12.1. The zero-order chi connectivity index (χ0) is 21.4. The van der Waals surface area contributed by atoms with Crippen LogP contribution in [0.25, 0.3) is 0 Å². The van der Waals surface area contributed by atoms with E-state index in [1.54, 1.807) is 0 Å². The minimum Gasteiger partial charge on any atom is -0.466 e. The highest BCUT2D eigenvalue weighted by Gasteiger charge is 2.06. The van der Waals surface area contributed by atoms with Crippen LogP contribution in [0.1, 0.15) is 117 Å². The molecule has 0 bridgehead atoms. The van der Waals surface area contributed by atoms with Gasteiger partial charge in [-0.05, 0) is 25.7 Å². The summed E-state index contributed by atoms with van der Waals surface area (Å²) in [4.78, 5) is 23.3. The Morgan fingerprint density at radius 1 is 0.483 bits per heavy atom. The largest absolute Gasteiger partial charge is 0.466 e. The number of carbonyl (C=O) groups is 2. The van der Waals surface area contributed by atoms with Crippen LogP contribution in [0.2, 0.25) is 0 Å². The van der Waals surface area contributed by atoms with Gasteiger partial charge in [-0.3, -0.25) is 9.59 Å². The van der Waals surface area contributed by atoms with Gasteiger partial charge in [-0.25, -0.2) is 0 Å². The molecule has 0 saturated heterocycles. The predicted octanol–water partition coefficient (Wildman–Crippen LogP) is 6.37. The van der Waals surface area contributed by atoms with Crippen molar-refractivity contribution in [2.24, 2.45) is 0 Å². The second-order valence-electron chi connectivity index (χ2n) is 7.80. The van der Waals surface area contributed by atoms with Gasteiger partial charge < -0.3 is 14.2 Å². The minimum absolute atomic E-state index is 0.154. The minimum atomic E-state index is -0.220. The molecule has 0 unspecified atom stereocenters. The maximum Gasteiger partial charge on any atom is 0.305 e. The molecule has 0 heterocycles. The van der Waals surface area contributed by atoms with Crippen LogP contribution in [0.5, 0.6) is 0 Å². The summed E-state index contributed by atoms with van der Waals surface area (Å²) in [5.41, 5.74) is 0. The Morgan fingerprint density at radius 3 is 1.52 bits per heavy atom. The maximum absolute atomic E-state index is 11.7. The van der Waals surface area contributed by atoms with Crippen LogP contribution in [-0.2, 0) is 23.8 Å². The second-order valence-corrected chi connectivity index (χ2v) is 7.80. The summed E-state index contributed by atoms with van der Waals surface area (Å²) in [5, 5.41) is 0. The normalized spacial score (nSPS) is 10.8. The molecule has 0 N–H and O–H groups in total. The molecule has 0 spiro atoms. The second kappa shape index (κ2) is 23.2. The van der Waals surface area contributed by atoms with Crippen molar-refractivity contribution in [1.82, 2.24) is 0 Å². The zero-order valence-electron chi connectivity index (χ0n) is 19.2. The van der Waals surface area contributed by atoms with Gasteiger partial charge in [0.25, 0.3) is 0 Å². The summed E-state index contributed by atoms with van der Waals surface area (Å²) >= 11 is 0. The highest BCUT2D eigenvalue weighted by molar-refractivity contribution is 5.70. The van der Waals surface area contributed by atoms with Crippen molar-refractivity contribution >= 4 is 11.9 Å². The van der Waals surface area contributed by atoms with Gasteiger partial charge in [0.2, 0.25) is 0 Å². The molecule has 0 saturated carbocycles. The molecule has 5 nitrogen and oxygen atoms in total. The lowest BCUT2D eigenvalue weighted by atomic mass is 10.1. The lowest BCUT2D eigenvalue weighted by Gasteiger charge is -2.06. The van der Waals surface area contributed by atoms with Gasteiger partial charge in [0.15, 0.2) is 0 Å². The predicted molar refractivity (Wildman–Crippen MR) is 118 cm³/mol. The Kier molecular flexibility index (Phi) is 22.3. The third-order valence-electron chi connectivity index (χ3n) is 4.91. The first kappa shape index (κ1) is 27.9. The topological polar surface area (TPSA) is 61.8 Å². The average Bonchev–Trinajstić information content (AvgIpc) is 2.72. The molecule has 29 heavy (non-hydrogen) atoms. The number of hydrogen-bond acceptors (Lipinski definition) is 5. The highest BCUT2D eigenvalue weighted by Crippen LogP contribution is 2.10. The fraction of sp³-hybridized carbons (Fsp3) is 0.917. The summed E-state index contributed by atoms with van der Waals surface area (Å²) in [6.07, 6.45) is 16.9. The van der Waals surface area contributed by atoms with Gasteiger partial charge in [0, 0.05) is 19.4 Å². The molecule has 0 rings (SSSR count). The lowest BCUT2D eigenvalue weighted by molar-refractivity contribution is -0.146. The smallest absolute Gasteiger partial charge is 0.305 e. The molecule has 0 fully saturated rings. The SMILES string of the molecule is CCCCCCCCCCCCOC(=O)CCCCC(=O)OCCOCCCC. The van der Waals surface area contributed by atoms with Gasteiger partial charge in [-0.2, -0.15) is 0 Å². The lowest BCUT2D eigenvalue weighted by Crippen LogP contribution is -2.11. The van der Waals surface area contributed by atoms with Crippen molar-refractivity contribution in [2.45, 2.75) is 117 Å². The molecule has 0 aromatic rings. The number of ether oxygens (including phenoxy) is 3. The zero-order valence-corrected chi connectivity index (χ0v) is 19.2. The summed E-state index contributed by atoms with van der Waals surface area (Å²) in [6.45, 7) is 6.36. The Hall–Kier alpha value is -1.10. The summed E-state index contributed by atoms with van der Waals surface area (Å²) in [6, 6.07) is 0. The van der Waals surface area contributed by atoms with Crippen LogP contribution in [-0.4, -0.2) is 38.4 Å². The first-order chi connectivity index (χ1) is 14.2. The van der Waals surface area contributed by atoms with Crippen LogP contribution in [0, 0.1) is 0 Å². The van der Waals surface area contributed by atoms with Crippen LogP contribution in [0.3, 0.4) is 0 Å². The van der Waals surface area contributed by atoms with Gasteiger partial charge in [0.1, 0.15) is 6.61 Å². The molecule has 0 aromatic carbocycles. The molecule has 0 aliphatic rings. The van der Waals surface area contributed by atoms with Crippen LogP contribution in [0.4, 0.5) is 0 Å². The molecular formula is C24H46O5. The van der Waals surface area contributed by atoms with Gasteiger partial charge in [-0.1, -0.05) is 78.1 Å². The van der Waals surface area contributed by atoms with Crippen molar-refractivity contribution in [3.63, 3.8) is 0 Å². The molecule has 0 aromatic heterocycles. The third-order valence-corrected chi connectivity index (χ3v) is 4.91. The molecule has 5 heteroatoms. The fourth-order valence-corrected chi connectivity index (χ4v) is 3.02. The van der Waals surface area contributed by atoms with E-state index in [0.717, 1.165) is 32.3 Å². The molecule has 0 amide bonds. The van der Waals surface area contributed by atoms with Gasteiger partial charge in [-0.15, -0.1) is 0 Å². The Labute approximate surface area is 179 Å². The standard InChI is InChI=1S/C24H46O5/c1-3-5-7-8-9-10-11-12-13-16-20-28-23(25)17-14-15-18-24(26)29-22-21-27-19-6-4-2/h3-22H2,1-2H3. The van der Waals surface area contributed by atoms with E-state index in [0.29, 0.717) is 45.5 Å². The van der Waals surface area contributed by atoms with E-state index in [1.807, 2.05) is 0 Å². The molecule has 0 aliphatic carbocycles. The monoisotopic (exact) mass is 414 g/mol. The van der Waals surface area contributed by atoms with Crippen molar-refractivity contribution in [2.75, 3.05) is 26.4 Å². The average molecular weight is 415 g/mol. The molecular weight excluding hydrogens is 368 g/mol. The van der Waals surface area contributed by atoms with E-state index in [2.05, 4.69) is 13.8 Å². The van der Waals surface area contributed by atoms with E-state index in [9.17, 15) is 9.59 Å². The van der Waals surface area contributed by atoms with E-state index in [1.165, 1.54) is 51.4 Å². The van der Waals surface area contributed by atoms with Crippen molar-refractivity contribution in [3.05, 3.63) is 0 Å². The van der Waals surface area contributed by atoms with Crippen LogP contribution < -0.4 is 0 Å². The summed E-state index contributed by atoms with van der Waals surface area (Å²) < 4.78 is 15.7. The van der Waals surface area contributed by atoms with E-state index in [4.69, 9.17) is 14.2 Å². The quantitative estimate of drug-likeness (QED) is 0.152. The van der Waals surface area contributed by atoms with E-state index in [-0.39, 0.29) is 11.9 Å². The van der Waals surface area contributed by atoms with Gasteiger partial charge >= 0.3 is 11.9 Å². The van der Waals surface area contributed by atoms with Crippen molar-refractivity contribution in [1.29, 1.82) is 0 Å². The number of hydrogen-bond donors (Lipinski definition) is 0.